The first-order valence-corrected chi connectivity index (χ1v) is 8.63. The Bertz CT molecular complexity index is 835. The van der Waals surface area contributed by atoms with Gasteiger partial charge in [0.1, 0.15) is 30.2 Å². The summed E-state index contributed by atoms with van der Waals surface area (Å²) in [6.07, 6.45) is -5.13. The maximum absolute atomic E-state index is 12.1. The standard InChI is InChI=1S/C19H23NO7/c1-11-6-7-20(15(22)8-11)9-12-4-2-3-5-13(12)26-19-18(25)17(24)16(23)14(10-21)27-19/h2-8,14,16-19,21,23-25H,9-10H2,1H3/t14-,16-,17+,18-,19-/m1/s1. The first-order valence-electron chi connectivity index (χ1n) is 8.63. The normalized spacial score (nSPS) is 28.1. The fraction of sp³-hybridized carbons (Fsp3) is 0.421. The molecule has 3 rings (SSSR count). The molecular weight excluding hydrogens is 354 g/mol. The molecule has 0 bridgehead atoms. The van der Waals surface area contributed by atoms with E-state index in [1.807, 2.05) is 13.0 Å². The number of pyridine rings is 1. The molecule has 0 radical (unpaired) electrons. The van der Waals surface area contributed by atoms with E-state index in [-0.39, 0.29) is 12.1 Å². The van der Waals surface area contributed by atoms with Crippen molar-refractivity contribution in [2.24, 2.45) is 0 Å². The van der Waals surface area contributed by atoms with Crippen molar-refractivity contribution in [2.45, 2.75) is 44.2 Å². The molecule has 0 spiro atoms. The van der Waals surface area contributed by atoms with Crippen molar-refractivity contribution in [3.8, 4) is 5.75 Å². The number of aliphatic hydroxyl groups is 4. The van der Waals surface area contributed by atoms with Gasteiger partial charge in [-0.2, -0.15) is 0 Å². The summed E-state index contributed by atoms with van der Waals surface area (Å²) >= 11 is 0. The summed E-state index contributed by atoms with van der Waals surface area (Å²) in [6, 6.07) is 10.3. The molecule has 27 heavy (non-hydrogen) atoms. The third kappa shape index (κ3) is 4.20. The molecule has 1 aromatic carbocycles. The SMILES string of the molecule is Cc1ccn(Cc2ccccc2O[C@@H]2O[C@H](CO)[C@@H](O)[C@H](O)[C@H]2O)c(=O)c1. The van der Waals surface area contributed by atoms with E-state index in [4.69, 9.17) is 9.47 Å². The van der Waals surface area contributed by atoms with Gasteiger partial charge >= 0.3 is 0 Å². The monoisotopic (exact) mass is 377 g/mol. The summed E-state index contributed by atoms with van der Waals surface area (Å²) in [5.41, 5.74) is 1.38. The number of aryl methyl sites for hydroxylation is 1. The van der Waals surface area contributed by atoms with Crippen LogP contribution in [0.25, 0.3) is 0 Å². The van der Waals surface area contributed by atoms with Gasteiger partial charge in [-0.1, -0.05) is 18.2 Å². The number of hydrogen-bond acceptors (Lipinski definition) is 7. The van der Waals surface area contributed by atoms with Crippen molar-refractivity contribution >= 4 is 0 Å². The zero-order valence-corrected chi connectivity index (χ0v) is 14.8. The molecule has 2 aromatic rings. The lowest BCUT2D eigenvalue weighted by Crippen LogP contribution is -2.60. The maximum atomic E-state index is 12.1. The third-order valence-corrected chi connectivity index (χ3v) is 4.56. The van der Waals surface area contributed by atoms with Gasteiger partial charge in [-0.3, -0.25) is 4.79 Å². The quantitative estimate of drug-likeness (QED) is 0.548. The minimum absolute atomic E-state index is 0.155. The van der Waals surface area contributed by atoms with E-state index < -0.39 is 37.3 Å². The molecule has 2 heterocycles. The van der Waals surface area contributed by atoms with Crippen LogP contribution in [-0.4, -0.2) is 62.3 Å². The minimum atomic E-state index is -1.52. The maximum Gasteiger partial charge on any atom is 0.251 e. The van der Waals surface area contributed by atoms with Crippen molar-refractivity contribution in [1.29, 1.82) is 0 Å². The predicted octanol–water partition coefficient (Wildman–Crippen LogP) is -0.616. The summed E-state index contributed by atoms with van der Waals surface area (Å²) in [4.78, 5) is 12.1. The Morgan fingerprint density at radius 1 is 1.11 bits per heavy atom. The predicted molar refractivity (Wildman–Crippen MR) is 95.4 cm³/mol. The van der Waals surface area contributed by atoms with E-state index in [0.717, 1.165) is 5.56 Å². The highest BCUT2D eigenvalue weighted by Gasteiger charge is 2.44. The molecule has 8 nitrogen and oxygen atoms in total. The Labute approximate surface area is 155 Å². The molecule has 0 aliphatic carbocycles. The highest BCUT2D eigenvalue weighted by atomic mass is 16.7. The van der Waals surface area contributed by atoms with E-state index in [0.29, 0.717) is 11.3 Å². The molecule has 0 saturated carbocycles. The first kappa shape index (κ1) is 19.5. The fourth-order valence-electron chi connectivity index (χ4n) is 2.96. The van der Waals surface area contributed by atoms with E-state index in [1.54, 1.807) is 30.5 Å². The van der Waals surface area contributed by atoms with Crippen LogP contribution in [0.15, 0.2) is 47.4 Å². The van der Waals surface area contributed by atoms with Crippen LogP contribution >= 0.6 is 0 Å². The van der Waals surface area contributed by atoms with Crippen molar-refractivity contribution in [3.63, 3.8) is 0 Å². The van der Waals surface area contributed by atoms with Crippen LogP contribution < -0.4 is 10.3 Å². The molecule has 1 aliphatic rings. The van der Waals surface area contributed by atoms with Gasteiger partial charge in [0.05, 0.1) is 13.2 Å². The molecule has 4 N–H and O–H groups in total. The van der Waals surface area contributed by atoms with Crippen LogP contribution in [0.3, 0.4) is 0 Å². The van der Waals surface area contributed by atoms with E-state index >= 15 is 0 Å². The van der Waals surface area contributed by atoms with Crippen LogP contribution in [0.2, 0.25) is 0 Å². The Hall–Kier alpha value is -2.23. The van der Waals surface area contributed by atoms with Gasteiger partial charge in [-0.05, 0) is 24.6 Å². The van der Waals surface area contributed by atoms with E-state index in [2.05, 4.69) is 0 Å². The number of para-hydroxylation sites is 1. The smallest absolute Gasteiger partial charge is 0.251 e. The zero-order chi connectivity index (χ0) is 19.6. The van der Waals surface area contributed by atoms with Gasteiger partial charge in [0.15, 0.2) is 0 Å². The Morgan fingerprint density at radius 3 is 2.56 bits per heavy atom. The molecular formula is C19H23NO7. The highest BCUT2D eigenvalue weighted by molar-refractivity contribution is 5.34. The second-order valence-electron chi connectivity index (χ2n) is 6.59. The number of aliphatic hydroxyl groups excluding tert-OH is 4. The lowest BCUT2D eigenvalue weighted by molar-refractivity contribution is -0.277. The summed E-state index contributed by atoms with van der Waals surface area (Å²) < 4.78 is 12.6. The van der Waals surface area contributed by atoms with E-state index in [1.165, 1.54) is 10.6 Å². The number of hydrogen-bond donors (Lipinski definition) is 4. The van der Waals surface area contributed by atoms with Crippen molar-refractivity contribution in [3.05, 3.63) is 64.1 Å². The largest absolute Gasteiger partial charge is 0.462 e. The van der Waals surface area contributed by atoms with Crippen molar-refractivity contribution in [2.75, 3.05) is 6.61 Å². The second kappa shape index (κ2) is 8.20. The number of ether oxygens (including phenoxy) is 2. The Morgan fingerprint density at radius 2 is 1.85 bits per heavy atom. The third-order valence-electron chi connectivity index (χ3n) is 4.56. The molecule has 0 amide bonds. The van der Waals surface area contributed by atoms with Crippen LogP contribution in [0.5, 0.6) is 5.75 Å². The van der Waals surface area contributed by atoms with Crippen molar-refractivity contribution < 1.29 is 29.9 Å². The first-order chi connectivity index (χ1) is 12.9. The second-order valence-corrected chi connectivity index (χ2v) is 6.59. The zero-order valence-electron chi connectivity index (χ0n) is 14.8. The average molecular weight is 377 g/mol. The van der Waals surface area contributed by atoms with Gasteiger partial charge in [-0.15, -0.1) is 0 Å². The van der Waals surface area contributed by atoms with Crippen LogP contribution in [0.4, 0.5) is 0 Å². The molecule has 8 heteroatoms. The van der Waals surface area contributed by atoms with Crippen LogP contribution in [-0.2, 0) is 11.3 Å². The minimum Gasteiger partial charge on any atom is -0.462 e. The van der Waals surface area contributed by atoms with Crippen molar-refractivity contribution in [1.82, 2.24) is 4.57 Å². The number of nitrogens with zero attached hydrogens (tertiary/aromatic N) is 1. The fourth-order valence-corrected chi connectivity index (χ4v) is 2.96. The van der Waals surface area contributed by atoms with Gasteiger partial charge in [0.2, 0.25) is 6.29 Å². The molecule has 5 atom stereocenters. The van der Waals surface area contributed by atoms with Gasteiger partial charge in [0.25, 0.3) is 5.56 Å². The average Bonchev–Trinajstić information content (AvgIpc) is 2.65. The van der Waals surface area contributed by atoms with E-state index in [9.17, 15) is 25.2 Å². The molecule has 1 aliphatic heterocycles. The van der Waals surface area contributed by atoms with Crippen LogP contribution in [0, 0.1) is 6.92 Å². The summed E-state index contributed by atoms with van der Waals surface area (Å²) in [7, 11) is 0. The van der Waals surface area contributed by atoms with Gasteiger partial charge in [0, 0.05) is 17.8 Å². The lowest BCUT2D eigenvalue weighted by Gasteiger charge is -2.39. The Balaban J connectivity index is 1.82. The number of rotatable bonds is 5. The molecule has 1 fully saturated rings. The molecule has 1 saturated heterocycles. The number of aromatic nitrogens is 1. The molecule has 146 valence electrons. The van der Waals surface area contributed by atoms with Gasteiger partial charge in [-0.25, -0.2) is 0 Å². The summed E-state index contributed by atoms with van der Waals surface area (Å²) in [6.45, 7) is 1.54. The number of benzene rings is 1. The highest BCUT2D eigenvalue weighted by Crippen LogP contribution is 2.26. The topological polar surface area (TPSA) is 121 Å². The molecule has 1 aromatic heterocycles. The van der Waals surface area contributed by atoms with Gasteiger partial charge < -0.3 is 34.5 Å². The summed E-state index contributed by atoms with van der Waals surface area (Å²) in [5, 5.41) is 39.2. The molecule has 0 unspecified atom stereocenters. The summed E-state index contributed by atoms with van der Waals surface area (Å²) in [5.74, 6) is 0.356. The van der Waals surface area contributed by atoms with Crippen LogP contribution in [0.1, 0.15) is 11.1 Å². The lowest BCUT2D eigenvalue weighted by atomic mass is 9.99. The Kier molecular flexibility index (Phi) is 5.93.